The van der Waals surface area contributed by atoms with E-state index in [4.69, 9.17) is 4.74 Å². The van der Waals surface area contributed by atoms with Crippen molar-refractivity contribution in [2.45, 2.75) is 58.4 Å². The summed E-state index contributed by atoms with van der Waals surface area (Å²) in [6.07, 6.45) is 5.08. The van der Waals surface area contributed by atoms with Crippen molar-refractivity contribution in [3.05, 3.63) is 29.8 Å². The number of hydrogen-bond acceptors (Lipinski definition) is 2. The molecule has 112 valence electrons. The van der Waals surface area contributed by atoms with Crippen molar-refractivity contribution < 1.29 is 4.74 Å². The molecule has 1 heterocycles. The van der Waals surface area contributed by atoms with E-state index in [0.717, 1.165) is 31.2 Å². The molecule has 0 fully saturated rings. The predicted octanol–water partition coefficient (Wildman–Crippen LogP) is 4.36. The highest BCUT2D eigenvalue weighted by molar-refractivity contribution is 5.37. The van der Waals surface area contributed by atoms with E-state index in [2.05, 4.69) is 50.4 Å². The van der Waals surface area contributed by atoms with Crippen LogP contribution >= 0.6 is 0 Å². The fraction of sp³-hybridized carbons (Fsp3) is 0.667. The van der Waals surface area contributed by atoms with Gasteiger partial charge < -0.3 is 10.1 Å². The third kappa shape index (κ3) is 4.52. The fourth-order valence-electron chi connectivity index (χ4n) is 2.91. The molecule has 0 saturated heterocycles. The van der Waals surface area contributed by atoms with Crippen molar-refractivity contribution in [1.82, 2.24) is 5.32 Å². The highest BCUT2D eigenvalue weighted by Gasteiger charge is 2.21. The van der Waals surface area contributed by atoms with Crippen molar-refractivity contribution in [3.8, 4) is 5.75 Å². The lowest BCUT2D eigenvalue weighted by molar-refractivity contribution is 0.262. The van der Waals surface area contributed by atoms with Crippen LogP contribution in [0.1, 0.15) is 57.9 Å². The van der Waals surface area contributed by atoms with Crippen LogP contribution in [-0.4, -0.2) is 19.2 Å². The maximum atomic E-state index is 5.72. The number of fused-ring (bicyclic) bond motifs is 1. The molecule has 1 aromatic rings. The van der Waals surface area contributed by atoms with E-state index < -0.39 is 0 Å². The Hall–Kier alpha value is -1.02. The van der Waals surface area contributed by atoms with Gasteiger partial charge in [-0.3, -0.25) is 0 Å². The van der Waals surface area contributed by atoms with E-state index in [1.807, 2.05) is 0 Å². The molecule has 1 aromatic carbocycles. The number of hydrogen-bond donors (Lipinski definition) is 1. The Morgan fingerprint density at radius 3 is 2.80 bits per heavy atom. The molecule has 0 saturated carbocycles. The van der Waals surface area contributed by atoms with Crippen LogP contribution in [0.3, 0.4) is 0 Å². The smallest absolute Gasteiger partial charge is 0.122 e. The molecular formula is C18H29NO. The fourth-order valence-corrected chi connectivity index (χ4v) is 2.91. The Morgan fingerprint density at radius 2 is 2.00 bits per heavy atom. The van der Waals surface area contributed by atoms with Crippen molar-refractivity contribution >= 4 is 0 Å². The zero-order valence-electron chi connectivity index (χ0n) is 13.2. The largest absolute Gasteiger partial charge is 0.493 e. The van der Waals surface area contributed by atoms with Gasteiger partial charge >= 0.3 is 0 Å². The van der Waals surface area contributed by atoms with E-state index in [1.54, 1.807) is 0 Å². The van der Waals surface area contributed by atoms with Gasteiger partial charge in [-0.15, -0.1) is 0 Å². The van der Waals surface area contributed by atoms with Gasteiger partial charge in [0.1, 0.15) is 5.75 Å². The Balaban J connectivity index is 1.77. The van der Waals surface area contributed by atoms with Crippen molar-refractivity contribution in [1.29, 1.82) is 0 Å². The first kappa shape index (κ1) is 15.4. The van der Waals surface area contributed by atoms with Gasteiger partial charge in [-0.25, -0.2) is 0 Å². The van der Waals surface area contributed by atoms with E-state index in [1.165, 1.54) is 24.8 Å². The lowest BCUT2D eigenvalue weighted by Gasteiger charge is -2.27. The summed E-state index contributed by atoms with van der Waals surface area (Å²) in [5.41, 5.74) is 1.38. The lowest BCUT2D eigenvalue weighted by atomic mass is 9.92. The molecule has 2 heteroatoms. The van der Waals surface area contributed by atoms with E-state index in [9.17, 15) is 0 Å². The molecule has 1 aliphatic heterocycles. The normalized spacial score (nSPS) is 19.5. The van der Waals surface area contributed by atoms with Crippen LogP contribution in [0.4, 0.5) is 0 Å². The minimum absolute atomic E-state index is 0.604. The lowest BCUT2D eigenvalue weighted by Crippen LogP contribution is -2.32. The van der Waals surface area contributed by atoms with Gasteiger partial charge in [0.25, 0.3) is 0 Å². The molecule has 1 aliphatic rings. The zero-order chi connectivity index (χ0) is 14.4. The van der Waals surface area contributed by atoms with Crippen molar-refractivity contribution in [2.24, 2.45) is 5.92 Å². The van der Waals surface area contributed by atoms with Gasteiger partial charge in [0, 0.05) is 18.5 Å². The molecule has 0 amide bonds. The average Bonchev–Trinajstić information content (AvgIpc) is 2.44. The van der Waals surface area contributed by atoms with Gasteiger partial charge in [0.15, 0.2) is 0 Å². The van der Waals surface area contributed by atoms with Crippen LogP contribution in [0.25, 0.3) is 0 Å². The summed E-state index contributed by atoms with van der Waals surface area (Å²) in [4.78, 5) is 0. The number of rotatable bonds is 7. The third-order valence-electron chi connectivity index (χ3n) is 4.21. The second-order valence-corrected chi connectivity index (χ2v) is 6.51. The van der Waals surface area contributed by atoms with Gasteiger partial charge in [-0.05, 0) is 37.3 Å². The van der Waals surface area contributed by atoms with E-state index >= 15 is 0 Å². The SMILES string of the molecule is CC(C)CCCC(C)NCC1CCOc2ccccc21. The maximum absolute atomic E-state index is 5.72. The predicted molar refractivity (Wildman–Crippen MR) is 85.4 cm³/mol. The second-order valence-electron chi connectivity index (χ2n) is 6.51. The third-order valence-corrected chi connectivity index (χ3v) is 4.21. The second kappa shape index (κ2) is 7.68. The summed E-state index contributed by atoms with van der Waals surface area (Å²) in [5.74, 6) is 2.51. The molecule has 0 aliphatic carbocycles. The molecular weight excluding hydrogens is 246 g/mol. The molecule has 0 bridgehead atoms. The van der Waals surface area contributed by atoms with Gasteiger partial charge in [-0.1, -0.05) is 44.9 Å². The van der Waals surface area contributed by atoms with Crippen LogP contribution in [0, 0.1) is 5.92 Å². The van der Waals surface area contributed by atoms with Crippen LogP contribution in [0.2, 0.25) is 0 Å². The van der Waals surface area contributed by atoms with Gasteiger partial charge in [0.05, 0.1) is 6.61 Å². The summed E-state index contributed by atoms with van der Waals surface area (Å²) < 4.78 is 5.72. The van der Waals surface area contributed by atoms with Gasteiger partial charge in [0.2, 0.25) is 0 Å². The number of ether oxygens (including phenoxy) is 1. The Kier molecular flexibility index (Phi) is 5.90. The van der Waals surface area contributed by atoms with Crippen LogP contribution in [0.15, 0.2) is 24.3 Å². The molecule has 2 nitrogen and oxygen atoms in total. The highest BCUT2D eigenvalue weighted by Crippen LogP contribution is 2.32. The summed E-state index contributed by atoms with van der Waals surface area (Å²) >= 11 is 0. The first-order valence-electron chi connectivity index (χ1n) is 8.12. The van der Waals surface area contributed by atoms with Crippen molar-refractivity contribution in [3.63, 3.8) is 0 Å². The monoisotopic (exact) mass is 275 g/mol. The summed E-state index contributed by atoms with van der Waals surface area (Å²) in [6, 6.07) is 9.09. The Labute approximate surface area is 123 Å². The first-order chi connectivity index (χ1) is 9.66. The standard InChI is InChI=1S/C18H29NO/c1-14(2)7-6-8-15(3)19-13-16-11-12-20-18-10-5-4-9-17(16)18/h4-5,9-10,14-16,19H,6-8,11-13H2,1-3H3. The minimum Gasteiger partial charge on any atom is -0.493 e. The molecule has 2 atom stereocenters. The number of nitrogens with one attached hydrogen (secondary N) is 1. The minimum atomic E-state index is 0.604. The van der Waals surface area contributed by atoms with Crippen LogP contribution in [-0.2, 0) is 0 Å². The molecule has 0 aromatic heterocycles. The van der Waals surface area contributed by atoms with E-state index in [0.29, 0.717) is 12.0 Å². The Morgan fingerprint density at radius 1 is 1.20 bits per heavy atom. The van der Waals surface area contributed by atoms with E-state index in [-0.39, 0.29) is 0 Å². The molecule has 2 rings (SSSR count). The molecule has 2 unspecified atom stereocenters. The average molecular weight is 275 g/mol. The summed E-state index contributed by atoms with van der Waals surface area (Å²) in [7, 11) is 0. The highest BCUT2D eigenvalue weighted by atomic mass is 16.5. The number of para-hydroxylation sites is 1. The van der Waals surface area contributed by atoms with Gasteiger partial charge in [-0.2, -0.15) is 0 Å². The van der Waals surface area contributed by atoms with Crippen LogP contribution < -0.4 is 10.1 Å². The number of benzene rings is 1. The summed E-state index contributed by atoms with van der Waals surface area (Å²) in [5, 5.41) is 3.71. The molecule has 20 heavy (non-hydrogen) atoms. The van der Waals surface area contributed by atoms with Crippen LogP contribution in [0.5, 0.6) is 5.75 Å². The van der Waals surface area contributed by atoms with Crippen molar-refractivity contribution in [2.75, 3.05) is 13.2 Å². The summed E-state index contributed by atoms with van der Waals surface area (Å²) in [6.45, 7) is 8.84. The quantitative estimate of drug-likeness (QED) is 0.798. The Bertz CT molecular complexity index is 402. The maximum Gasteiger partial charge on any atom is 0.122 e. The zero-order valence-corrected chi connectivity index (χ0v) is 13.2. The molecule has 0 radical (unpaired) electrons. The topological polar surface area (TPSA) is 21.3 Å². The molecule has 0 spiro atoms. The molecule has 1 N–H and O–H groups in total. The first-order valence-corrected chi connectivity index (χ1v) is 8.12.